The second-order valence-corrected chi connectivity index (χ2v) is 6.34. The van der Waals surface area contributed by atoms with Crippen molar-refractivity contribution in [1.29, 1.82) is 0 Å². The average Bonchev–Trinajstić information content (AvgIpc) is 3.05. The van der Waals surface area contributed by atoms with Gasteiger partial charge < -0.3 is 19.5 Å². The number of hydrogen-bond acceptors (Lipinski definition) is 8. The Morgan fingerprint density at radius 2 is 2.08 bits per heavy atom. The van der Waals surface area contributed by atoms with E-state index in [0.29, 0.717) is 18.5 Å². The minimum atomic E-state index is -0.757. The molecule has 1 heterocycles. The molecule has 9 nitrogen and oxygen atoms in total. The van der Waals surface area contributed by atoms with Gasteiger partial charge in [-0.1, -0.05) is 19.3 Å². The topological polar surface area (TPSA) is 100 Å². The first kappa shape index (κ1) is 19.6. The van der Waals surface area contributed by atoms with Crippen molar-refractivity contribution in [2.45, 2.75) is 77.8 Å². The maximum atomic E-state index is 11.3. The SMILES string of the molecule is CCOC(=O)O[C@@H](C)n1nnc(COC[C@@H](C)NC2CCCCC2)n1. The van der Waals surface area contributed by atoms with Crippen LogP contribution in [0, 0.1) is 0 Å². The van der Waals surface area contributed by atoms with E-state index in [1.807, 2.05) is 0 Å². The fourth-order valence-electron chi connectivity index (χ4n) is 2.85. The van der Waals surface area contributed by atoms with E-state index in [9.17, 15) is 4.79 Å². The van der Waals surface area contributed by atoms with Crippen molar-refractivity contribution in [2.75, 3.05) is 13.2 Å². The summed E-state index contributed by atoms with van der Waals surface area (Å²) in [6, 6.07) is 0.886. The number of nitrogens with one attached hydrogen (secondary N) is 1. The summed E-state index contributed by atoms with van der Waals surface area (Å²) >= 11 is 0. The Morgan fingerprint density at radius 3 is 2.80 bits per heavy atom. The van der Waals surface area contributed by atoms with Crippen LogP contribution in [0.25, 0.3) is 0 Å². The Hall–Kier alpha value is -1.74. The van der Waals surface area contributed by atoms with Crippen molar-refractivity contribution < 1.29 is 19.0 Å². The van der Waals surface area contributed by atoms with Gasteiger partial charge in [-0.25, -0.2) is 4.79 Å². The number of hydrogen-bond donors (Lipinski definition) is 1. The van der Waals surface area contributed by atoms with Crippen LogP contribution >= 0.6 is 0 Å². The highest BCUT2D eigenvalue weighted by Gasteiger charge is 2.17. The maximum absolute atomic E-state index is 11.3. The van der Waals surface area contributed by atoms with Crippen LogP contribution in [-0.2, 0) is 20.8 Å². The molecule has 0 saturated heterocycles. The number of nitrogens with zero attached hydrogens (tertiary/aromatic N) is 4. The quantitative estimate of drug-likeness (QED) is 0.673. The maximum Gasteiger partial charge on any atom is 0.510 e. The lowest BCUT2D eigenvalue weighted by atomic mass is 9.95. The van der Waals surface area contributed by atoms with Crippen molar-refractivity contribution in [3.63, 3.8) is 0 Å². The third kappa shape index (κ3) is 6.95. The minimum Gasteiger partial charge on any atom is -0.435 e. The standard InChI is InChI=1S/C16H29N5O4/c1-4-24-16(22)25-13(3)21-19-15(18-20-21)11-23-10-12(2)17-14-8-6-5-7-9-14/h12-14,17H,4-11H2,1-3H3/t12-,13+/m1/s1. The second-order valence-electron chi connectivity index (χ2n) is 6.34. The Balaban J connectivity index is 1.67. The van der Waals surface area contributed by atoms with Gasteiger partial charge in [0, 0.05) is 12.1 Å². The highest BCUT2D eigenvalue weighted by Crippen LogP contribution is 2.17. The first-order chi connectivity index (χ1) is 12.1. The molecule has 0 radical (unpaired) electrons. The lowest BCUT2D eigenvalue weighted by Gasteiger charge is -2.26. The molecule has 0 spiro atoms. The molecule has 1 fully saturated rings. The van der Waals surface area contributed by atoms with E-state index in [1.54, 1.807) is 13.8 Å². The predicted octanol–water partition coefficient (Wildman–Crippen LogP) is 2.19. The molecule has 1 aliphatic rings. The predicted molar refractivity (Wildman–Crippen MR) is 89.8 cm³/mol. The minimum absolute atomic E-state index is 0.252. The lowest BCUT2D eigenvalue weighted by molar-refractivity contribution is -0.00551. The zero-order valence-corrected chi connectivity index (χ0v) is 15.3. The molecule has 2 rings (SSSR count). The van der Waals surface area contributed by atoms with Gasteiger partial charge in [-0.05, 0) is 38.8 Å². The highest BCUT2D eigenvalue weighted by molar-refractivity contribution is 5.59. The van der Waals surface area contributed by atoms with E-state index in [-0.39, 0.29) is 19.3 Å². The highest BCUT2D eigenvalue weighted by atomic mass is 16.7. The summed E-state index contributed by atoms with van der Waals surface area (Å²) in [6.07, 6.45) is 5.02. The summed E-state index contributed by atoms with van der Waals surface area (Å²) in [5.74, 6) is 0.448. The van der Waals surface area contributed by atoms with E-state index in [4.69, 9.17) is 14.2 Å². The zero-order chi connectivity index (χ0) is 18.1. The van der Waals surface area contributed by atoms with E-state index < -0.39 is 12.4 Å². The van der Waals surface area contributed by atoms with Gasteiger partial charge >= 0.3 is 6.16 Å². The van der Waals surface area contributed by atoms with E-state index in [0.717, 1.165) is 0 Å². The summed E-state index contributed by atoms with van der Waals surface area (Å²) in [5.41, 5.74) is 0. The van der Waals surface area contributed by atoms with Crippen LogP contribution in [0.1, 0.15) is 64.9 Å². The monoisotopic (exact) mass is 355 g/mol. The Kier molecular flexibility index (Phi) is 8.07. The molecule has 142 valence electrons. The van der Waals surface area contributed by atoms with Crippen LogP contribution in [-0.4, -0.2) is 51.7 Å². The van der Waals surface area contributed by atoms with Crippen LogP contribution in [0.3, 0.4) is 0 Å². The fourth-order valence-corrected chi connectivity index (χ4v) is 2.85. The first-order valence-corrected chi connectivity index (χ1v) is 9.04. The van der Waals surface area contributed by atoms with Gasteiger partial charge in [0.1, 0.15) is 6.61 Å². The van der Waals surface area contributed by atoms with Gasteiger partial charge in [-0.3, -0.25) is 0 Å². The first-order valence-electron chi connectivity index (χ1n) is 9.04. The van der Waals surface area contributed by atoms with Crippen LogP contribution in [0.4, 0.5) is 4.79 Å². The third-order valence-electron chi connectivity index (χ3n) is 4.05. The van der Waals surface area contributed by atoms with Crippen LogP contribution < -0.4 is 5.32 Å². The van der Waals surface area contributed by atoms with Gasteiger partial charge in [-0.15, -0.1) is 15.0 Å². The zero-order valence-electron chi connectivity index (χ0n) is 15.3. The van der Waals surface area contributed by atoms with Gasteiger partial charge in [0.15, 0.2) is 0 Å². The summed E-state index contributed by atoms with van der Waals surface area (Å²) in [4.78, 5) is 12.5. The molecule has 25 heavy (non-hydrogen) atoms. The van der Waals surface area contributed by atoms with Crippen LogP contribution in [0.2, 0.25) is 0 Å². The second kappa shape index (κ2) is 10.3. The molecular weight excluding hydrogens is 326 g/mol. The summed E-state index contributed by atoms with van der Waals surface area (Å²) in [6.45, 7) is 6.57. The molecule has 1 aliphatic carbocycles. The van der Waals surface area contributed by atoms with Crippen molar-refractivity contribution in [1.82, 2.24) is 25.5 Å². The smallest absolute Gasteiger partial charge is 0.435 e. The largest absolute Gasteiger partial charge is 0.510 e. The third-order valence-corrected chi connectivity index (χ3v) is 4.05. The molecule has 0 aromatic carbocycles. The van der Waals surface area contributed by atoms with Crippen molar-refractivity contribution >= 4 is 6.16 Å². The Labute approximate surface area is 148 Å². The number of carbonyl (C=O) groups excluding carboxylic acids is 1. The van der Waals surface area contributed by atoms with Crippen molar-refractivity contribution in [3.05, 3.63) is 5.82 Å². The van der Waals surface area contributed by atoms with Gasteiger partial charge in [0.25, 0.3) is 0 Å². The molecular formula is C16H29N5O4. The Bertz CT molecular complexity index is 518. The molecule has 9 heteroatoms. The molecule has 1 aromatic rings. The number of tetrazole rings is 1. The number of carbonyl (C=O) groups is 1. The molecule has 0 amide bonds. The normalized spacial score (nSPS) is 17.9. The molecule has 0 unspecified atom stereocenters. The summed E-state index contributed by atoms with van der Waals surface area (Å²) in [7, 11) is 0. The van der Waals surface area contributed by atoms with E-state index >= 15 is 0 Å². The molecule has 0 aliphatic heterocycles. The number of rotatable bonds is 9. The fraction of sp³-hybridized carbons (Fsp3) is 0.875. The molecule has 1 N–H and O–H groups in total. The molecule has 1 aromatic heterocycles. The Morgan fingerprint density at radius 1 is 1.32 bits per heavy atom. The number of ether oxygens (including phenoxy) is 3. The van der Waals surface area contributed by atoms with Crippen LogP contribution in [0.15, 0.2) is 0 Å². The summed E-state index contributed by atoms with van der Waals surface area (Å²) < 4.78 is 15.4. The van der Waals surface area contributed by atoms with E-state index in [2.05, 4.69) is 27.7 Å². The molecule has 0 bridgehead atoms. The molecule has 1 saturated carbocycles. The van der Waals surface area contributed by atoms with Gasteiger partial charge in [0.05, 0.1) is 13.2 Å². The lowest BCUT2D eigenvalue weighted by Crippen LogP contribution is -2.40. The van der Waals surface area contributed by atoms with Crippen molar-refractivity contribution in [3.8, 4) is 0 Å². The molecule has 2 atom stereocenters. The number of aromatic nitrogens is 4. The van der Waals surface area contributed by atoms with Crippen molar-refractivity contribution in [2.24, 2.45) is 0 Å². The van der Waals surface area contributed by atoms with Crippen LogP contribution in [0.5, 0.6) is 0 Å². The average molecular weight is 355 g/mol. The van der Waals surface area contributed by atoms with E-state index in [1.165, 1.54) is 36.9 Å². The van der Waals surface area contributed by atoms with Gasteiger partial charge in [0.2, 0.25) is 12.1 Å². The van der Waals surface area contributed by atoms with Gasteiger partial charge in [-0.2, -0.15) is 0 Å². The summed E-state index contributed by atoms with van der Waals surface area (Å²) in [5, 5.41) is 15.5.